The lowest BCUT2D eigenvalue weighted by molar-refractivity contribution is 0.0823. The highest BCUT2D eigenvalue weighted by Gasteiger charge is 2.37. The third-order valence-corrected chi connectivity index (χ3v) is 7.90. The Morgan fingerprint density at radius 1 is 1.12 bits per heavy atom. The Bertz CT molecular complexity index is 1590. The number of nitrogens with one attached hydrogen (secondary N) is 1. The number of benzene rings is 1. The van der Waals surface area contributed by atoms with Gasteiger partial charge in [0.25, 0.3) is 11.8 Å². The molecule has 11 heteroatoms. The molecular weight excluding hydrogens is 518 g/mol. The molecule has 0 radical (unpaired) electrons. The second-order valence-corrected chi connectivity index (χ2v) is 10.8. The zero-order chi connectivity index (χ0) is 28.7. The number of amides is 2. The molecule has 9 nitrogen and oxygen atoms in total. The number of aromatic amines is 1. The summed E-state index contributed by atoms with van der Waals surface area (Å²) >= 11 is 0. The molecule has 0 aliphatic heterocycles. The van der Waals surface area contributed by atoms with Gasteiger partial charge in [0.1, 0.15) is 16.9 Å². The lowest BCUT2D eigenvalue weighted by Gasteiger charge is -2.30. The maximum atomic E-state index is 16.1. The predicted molar refractivity (Wildman–Crippen MR) is 145 cm³/mol. The number of nitrogens with two attached hydrogens (primary N) is 1. The maximum Gasteiger partial charge on any atom is 0.257 e. The average molecular weight is 551 g/mol. The number of hydrogen-bond acceptors (Lipinski definition) is 6. The van der Waals surface area contributed by atoms with Gasteiger partial charge in [-0.1, -0.05) is 31.8 Å². The van der Waals surface area contributed by atoms with Crippen molar-refractivity contribution in [2.45, 2.75) is 51.9 Å². The zero-order valence-corrected chi connectivity index (χ0v) is 22.9. The van der Waals surface area contributed by atoms with Crippen molar-refractivity contribution in [1.29, 1.82) is 0 Å². The first-order valence-electron chi connectivity index (χ1n) is 13.4. The molecule has 1 saturated carbocycles. The Kier molecular flexibility index (Phi) is 7.39. The highest BCUT2D eigenvalue weighted by atomic mass is 19.1. The highest BCUT2D eigenvalue weighted by Crippen LogP contribution is 2.43. The van der Waals surface area contributed by atoms with Crippen LogP contribution in [0.1, 0.15) is 83.4 Å². The van der Waals surface area contributed by atoms with Gasteiger partial charge >= 0.3 is 0 Å². The maximum absolute atomic E-state index is 16.1. The van der Waals surface area contributed by atoms with Crippen LogP contribution in [-0.2, 0) is 6.42 Å². The van der Waals surface area contributed by atoms with Gasteiger partial charge in [-0.05, 0) is 43.2 Å². The van der Waals surface area contributed by atoms with E-state index in [0.29, 0.717) is 35.1 Å². The Morgan fingerprint density at radius 3 is 2.50 bits per heavy atom. The summed E-state index contributed by atoms with van der Waals surface area (Å²) in [5.41, 5.74) is 6.65. The number of aromatic nitrogens is 4. The third-order valence-electron chi connectivity index (χ3n) is 7.90. The minimum absolute atomic E-state index is 0.00319. The molecule has 2 amide bonds. The van der Waals surface area contributed by atoms with E-state index < -0.39 is 29.4 Å². The first-order valence-corrected chi connectivity index (χ1v) is 13.4. The van der Waals surface area contributed by atoms with E-state index in [9.17, 15) is 14.0 Å². The molecule has 0 unspecified atom stereocenters. The minimum atomic E-state index is -0.846. The van der Waals surface area contributed by atoms with Crippen LogP contribution in [0.5, 0.6) is 0 Å². The molecule has 1 aliphatic rings. The summed E-state index contributed by atoms with van der Waals surface area (Å²) in [5.74, 6) is -1.93. The van der Waals surface area contributed by atoms with E-state index in [1.807, 2.05) is 6.92 Å². The number of rotatable bonds is 7. The Hall–Kier alpha value is -4.15. The summed E-state index contributed by atoms with van der Waals surface area (Å²) in [4.78, 5) is 38.2. The first kappa shape index (κ1) is 27.4. The van der Waals surface area contributed by atoms with E-state index in [0.717, 1.165) is 31.9 Å². The van der Waals surface area contributed by atoms with Crippen LogP contribution in [0.25, 0.3) is 22.2 Å². The topological polar surface area (TPSA) is 131 Å². The van der Waals surface area contributed by atoms with E-state index in [4.69, 9.17) is 10.3 Å². The van der Waals surface area contributed by atoms with Crippen molar-refractivity contribution in [1.82, 2.24) is 25.0 Å². The number of primary amides is 1. The number of nitrogens with zero attached hydrogens (tertiary/aromatic N) is 4. The molecule has 1 fully saturated rings. The normalized spacial score (nSPS) is 18.1. The monoisotopic (exact) mass is 550 g/mol. The van der Waals surface area contributed by atoms with E-state index in [1.165, 1.54) is 31.3 Å². The number of H-pyrrole nitrogens is 1. The molecule has 4 aromatic rings. The molecule has 0 saturated heterocycles. The lowest BCUT2D eigenvalue weighted by atomic mass is 9.74. The van der Waals surface area contributed by atoms with Gasteiger partial charge in [0, 0.05) is 31.4 Å². The SMILES string of the molecule is CCc1noc([C@H](c2nc3c(F)c(-c4cncc(F)c4C(=O)N(C)C)ccc3[nH]2)C2CCC(C)CC2)c1C(N)=O. The number of imidazole rings is 1. The van der Waals surface area contributed by atoms with Crippen LogP contribution in [0.2, 0.25) is 0 Å². The van der Waals surface area contributed by atoms with Crippen molar-refractivity contribution in [2.75, 3.05) is 14.1 Å². The summed E-state index contributed by atoms with van der Waals surface area (Å²) in [7, 11) is 2.98. The van der Waals surface area contributed by atoms with Gasteiger partial charge in [0.05, 0.1) is 28.9 Å². The van der Waals surface area contributed by atoms with Crippen LogP contribution in [0.4, 0.5) is 8.78 Å². The fourth-order valence-corrected chi connectivity index (χ4v) is 5.73. The van der Waals surface area contributed by atoms with Crippen LogP contribution in [0.3, 0.4) is 0 Å². The van der Waals surface area contributed by atoms with Crippen molar-refractivity contribution in [3.63, 3.8) is 0 Å². The van der Waals surface area contributed by atoms with Gasteiger partial charge in [-0.25, -0.2) is 13.8 Å². The van der Waals surface area contributed by atoms with Crippen molar-refractivity contribution in [3.8, 4) is 11.1 Å². The molecule has 40 heavy (non-hydrogen) atoms. The Labute approximate surface area is 230 Å². The third kappa shape index (κ3) is 4.73. The molecule has 1 aromatic carbocycles. The Balaban J connectivity index is 1.67. The average Bonchev–Trinajstić information content (AvgIpc) is 3.55. The van der Waals surface area contributed by atoms with Crippen molar-refractivity contribution in [3.05, 3.63) is 64.6 Å². The molecule has 3 N–H and O–H groups in total. The summed E-state index contributed by atoms with van der Waals surface area (Å²) in [6, 6.07) is 3.10. The summed E-state index contributed by atoms with van der Waals surface area (Å²) in [6.45, 7) is 4.07. The summed E-state index contributed by atoms with van der Waals surface area (Å²) < 4.78 is 36.6. The van der Waals surface area contributed by atoms with Gasteiger partial charge < -0.3 is 20.1 Å². The first-order chi connectivity index (χ1) is 19.1. The molecule has 1 atom stereocenters. The fraction of sp³-hybridized carbons (Fsp3) is 0.414. The molecule has 5 rings (SSSR count). The largest absolute Gasteiger partial charge is 0.365 e. The smallest absolute Gasteiger partial charge is 0.257 e. The number of hydrogen-bond donors (Lipinski definition) is 2. The fourth-order valence-electron chi connectivity index (χ4n) is 5.73. The van der Waals surface area contributed by atoms with E-state index in [1.54, 1.807) is 6.07 Å². The van der Waals surface area contributed by atoms with E-state index >= 15 is 4.39 Å². The Morgan fingerprint density at radius 2 is 1.85 bits per heavy atom. The number of fused-ring (bicyclic) bond motifs is 1. The van der Waals surface area contributed by atoms with Gasteiger partial charge in [0.15, 0.2) is 17.4 Å². The lowest BCUT2D eigenvalue weighted by Crippen LogP contribution is -2.24. The van der Waals surface area contributed by atoms with Crippen molar-refractivity contribution >= 4 is 22.8 Å². The van der Waals surface area contributed by atoms with Gasteiger partial charge in [0.2, 0.25) is 0 Å². The highest BCUT2D eigenvalue weighted by molar-refractivity contribution is 6.01. The summed E-state index contributed by atoms with van der Waals surface area (Å²) in [5, 5.41) is 4.12. The molecule has 3 aromatic heterocycles. The van der Waals surface area contributed by atoms with Crippen LogP contribution in [0.15, 0.2) is 29.0 Å². The molecule has 210 valence electrons. The predicted octanol–water partition coefficient (Wildman–Crippen LogP) is 5.21. The molecule has 3 heterocycles. The quantitative estimate of drug-likeness (QED) is 0.325. The van der Waals surface area contributed by atoms with Gasteiger partial charge in [-0.15, -0.1) is 0 Å². The number of halogens is 2. The van der Waals surface area contributed by atoms with Crippen LogP contribution in [0, 0.1) is 23.5 Å². The van der Waals surface area contributed by atoms with Crippen molar-refractivity contribution < 1.29 is 22.9 Å². The second-order valence-electron chi connectivity index (χ2n) is 10.8. The van der Waals surface area contributed by atoms with Gasteiger partial charge in [-0.3, -0.25) is 14.6 Å². The number of aryl methyl sites for hydroxylation is 1. The van der Waals surface area contributed by atoms with Crippen LogP contribution >= 0.6 is 0 Å². The molecule has 0 spiro atoms. The van der Waals surface area contributed by atoms with Crippen LogP contribution in [-0.4, -0.2) is 50.9 Å². The number of carbonyl (C=O) groups is 2. The number of pyridine rings is 1. The standard InChI is InChI=1S/C29H32F2N6O3/c1-5-19-23(27(32)38)26(40-36-19)21(15-8-6-14(2)7-9-15)28-34-20-11-10-16(24(31)25(20)35-28)17-12-33-13-18(30)22(17)29(39)37(3)4/h10-15,21H,5-9H2,1-4H3,(H2,32,38)(H,34,35)/t14?,15?,21-/m1/s1. The van der Waals surface area contributed by atoms with E-state index in [2.05, 4.69) is 27.0 Å². The number of carbonyl (C=O) groups excluding carboxylic acids is 2. The van der Waals surface area contributed by atoms with Gasteiger partial charge in [-0.2, -0.15) is 0 Å². The zero-order valence-electron chi connectivity index (χ0n) is 22.9. The second kappa shape index (κ2) is 10.8. The molecule has 1 aliphatic carbocycles. The van der Waals surface area contributed by atoms with Crippen LogP contribution < -0.4 is 5.73 Å². The minimum Gasteiger partial charge on any atom is -0.365 e. The summed E-state index contributed by atoms with van der Waals surface area (Å²) in [6.07, 6.45) is 6.38. The van der Waals surface area contributed by atoms with E-state index in [-0.39, 0.29) is 33.7 Å². The molecule has 0 bridgehead atoms. The molecular formula is C29H32F2N6O3. The van der Waals surface area contributed by atoms with Crippen molar-refractivity contribution in [2.24, 2.45) is 17.6 Å².